The largest absolute Gasteiger partial charge is 0.372 e. The van der Waals surface area contributed by atoms with Crippen molar-refractivity contribution in [2.75, 3.05) is 19.7 Å². The predicted molar refractivity (Wildman–Crippen MR) is 89.7 cm³/mol. The molecule has 0 aromatic carbocycles. The van der Waals surface area contributed by atoms with Gasteiger partial charge in [0.15, 0.2) is 5.67 Å². The molecule has 1 spiro atoms. The SMILES string of the molecule is Cc1cccc(COC2CCOC3(C2)CN(C(=O)C2(F)CCC2)C3)n1. The lowest BCUT2D eigenvalue weighted by Crippen LogP contribution is -2.70. The second-order valence-corrected chi connectivity index (χ2v) is 7.71. The normalized spacial score (nSPS) is 26.8. The fourth-order valence-electron chi connectivity index (χ4n) is 4.01. The van der Waals surface area contributed by atoms with Crippen LogP contribution in [0.15, 0.2) is 18.2 Å². The van der Waals surface area contributed by atoms with Gasteiger partial charge in [0.05, 0.1) is 31.5 Å². The van der Waals surface area contributed by atoms with E-state index in [1.54, 1.807) is 4.90 Å². The van der Waals surface area contributed by atoms with E-state index in [0.717, 1.165) is 30.7 Å². The zero-order valence-electron chi connectivity index (χ0n) is 14.7. The number of likely N-dealkylation sites (tertiary alicyclic amines) is 1. The lowest BCUT2D eigenvalue weighted by molar-refractivity contribution is -0.210. The second-order valence-electron chi connectivity index (χ2n) is 7.71. The van der Waals surface area contributed by atoms with Crippen LogP contribution in [0.1, 0.15) is 43.5 Å². The summed E-state index contributed by atoms with van der Waals surface area (Å²) in [5, 5.41) is 0. The van der Waals surface area contributed by atoms with E-state index in [2.05, 4.69) is 4.98 Å². The minimum absolute atomic E-state index is 0.0938. The summed E-state index contributed by atoms with van der Waals surface area (Å²) >= 11 is 0. The third kappa shape index (κ3) is 3.29. The molecule has 2 aliphatic heterocycles. The summed E-state index contributed by atoms with van der Waals surface area (Å²) in [7, 11) is 0. The molecular weight excluding hydrogens is 323 g/mol. The number of halogens is 1. The van der Waals surface area contributed by atoms with Gasteiger partial charge in [-0.3, -0.25) is 9.78 Å². The molecule has 25 heavy (non-hydrogen) atoms. The van der Waals surface area contributed by atoms with E-state index in [0.29, 0.717) is 39.1 Å². The fourth-order valence-corrected chi connectivity index (χ4v) is 4.01. The standard InChI is InChI=1S/C19H25FN2O3/c1-14-4-2-5-15(21-14)11-24-16-6-9-25-18(10-16)12-22(13-18)17(23)19(20)7-3-8-19/h2,4-5,16H,3,6-13H2,1H3. The molecule has 3 heterocycles. The molecule has 0 radical (unpaired) electrons. The first-order chi connectivity index (χ1) is 12.0. The van der Waals surface area contributed by atoms with Crippen LogP contribution in [-0.2, 0) is 20.9 Å². The summed E-state index contributed by atoms with van der Waals surface area (Å²) in [5.41, 5.74) is -0.0500. The number of ether oxygens (including phenoxy) is 2. The molecule has 1 aromatic heterocycles. The lowest BCUT2D eigenvalue weighted by Gasteiger charge is -2.54. The van der Waals surface area contributed by atoms with E-state index in [-0.39, 0.29) is 17.6 Å². The Bertz CT molecular complexity index is 656. The Kier molecular flexibility index (Phi) is 4.28. The summed E-state index contributed by atoms with van der Waals surface area (Å²) in [5.74, 6) is -0.347. The number of carbonyl (C=O) groups excluding carboxylic acids is 1. The van der Waals surface area contributed by atoms with Crippen LogP contribution in [0.4, 0.5) is 4.39 Å². The van der Waals surface area contributed by atoms with Gasteiger partial charge in [-0.15, -0.1) is 0 Å². The predicted octanol–water partition coefficient (Wildman–Crippen LogP) is 2.56. The third-order valence-electron chi connectivity index (χ3n) is 5.64. The third-order valence-corrected chi connectivity index (χ3v) is 5.64. The van der Waals surface area contributed by atoms with Gasteiger partial charge in [0.2, 0.25) is 0 Å². The van der Waals surface area contributed by atoms with E-state index in [1.165, 1.54) is 0 Å². The van der Waals surface area contributed by atoms with Gasteiger partial charge >= 0.3 is 0 Å². The second kappa shape index (κ2) is 6.32. The van der Waals surface area contributed by atoms with Gasteiger partial charge in [0.25, 0.3) is 5.91 Å². The number of hydrogen-bond donors (Lipinski definition) is 0. The Labute approximate surface area is 147 Å². The smallest absolute Gasteiger partial charge is 0.260 e. The zero-order chi connectivity index (χ0) is 17.5. The van der Waals surface area contributed by atoms with Gasteiger partial charge in [0, 0.05) is 18.7 Å². The number of amides is 1. The molecule has 1 saturated carbocycles. The van der Waals surface area contributed by atoms with E-state index in [9.17, 15) is 9.18 Å². The van der Waals surface area contributed by atoms with Crippen molar-refractivity contribution in [2.45, 2.75) is 63.0 Å². The molecule has 3 fully saturated rings. The van der Waals surface area contributed by atoms with Crippen molar-refractivity contribution in [3.05, 3.63) is 29.6 Å². The topological polar surface area (TPSA) is 51.7 Å². The van der Waals surface area contributed by atoms with Crippen molar-refractivity contribution in [3.8, 4) is 0 Å². The van der Waals surface area contributed by atoms with Crippen LogP contribution in [-0.4, -0.2) is 52.9 Å². The molecule has 5 nitrogen and oxygen atoms in total. The number of aryl methyl sites for hydroxylation is 1. The van der Waals surface area contributed by atoms with Gasteiger partial charge < -0.3 is 14.4 Å². The molecule has 1 aliphatic carbocycles. The van der Waals surface area contributed by atoms with E-state index < -0.39 is 5.67 Å². The van der Waals surface area contributed by atoms with E-state index in [4.69, 9.17) is 9.47 Å². The summed E-state index contributed by atoms with van der Waals surface area (Å²) < 4.78 is 26.2. The van der Waals surface area contributed by atoms with Crippen molar-refractivity contribution in [1.29, 1.82) is 0 Å². The van der Waals surface area contributed by atoms with Gasteiger partial charge in [0.1, 0.15) is 5.60 Å². The Morgan fingerprint density at radius 1 is 1.44 bits per heavy atom. The number of nitrogens with zero attached hydrogens (tertiary/aromatic N) is 2. The number of pyridine rings is 1. The summed E-state index contributed by atoms with van der Waals surface area (Å²) in [6.45, 7) is 4.04. The molecule has 136 valence electrons. The molecule has 1 amide bonds. The highest BCUT2D eigenvalue weighted by Crippen LogP contribution is 2.42. The first kappa shape index (κ1) is 16.9. The number of rotatable bonds is 4. The van der Waals surface area contributed by atoms with Gasteiger partial charge in [-0.25, -0.2) is 4.39 Å². The van der Waals surface area contributed by atoms with Crippen LogP contribution < -0.4 is 0 Å². The van der Waals surface area contributed by atoms with Crippen molar-refractivity contribution in [1.82, 2.24) is 9.88 Å². The number of hydrogen-bond acceptors (Lipinski definition) is 4. The molecule has 6 heteroatoms. The minimum Gasteiger partial charge on any atom is -0.372 e. The molecule has 0 N–H and O–H groups in total. The molecule has 2 saturated heterocycles. The maximum atomic E-state index is 14.3. The van der Waals surface area contributed by atoms with Gasteiger partial charge in [-0.1, -0.05) is 6.07 Å². The Balaban J connectivity index is 1.29. The van der Waals surface area contributed by atoms with Crippen LogP contribution in [0.5, 0.6) is 0 Å². The maximum Gasteiger partial charge on any atom is 0.260 e. The Morgan fingerprint density at radius 2 is 2.24 bits per heavy atom. The van der Waals surface area contributed by atoms with Crippen LogP contribution in [0, 0.1) is 6.92 Å². The monoisotopic (exact) mass is 348 g/mol. The highest BCUT2D eigenvalue weighted by molar-refractivity contribution is 5.87. The highest BCUT2D eigenvalue weighted by Gasteiger charge is 2.55. The summed E-state index contributed by atoms with van der Waals surface area (Å²) in [6, 6.07) is 5.91. The van der Waals surface area contributed by atoms with Crippen LogP contribution in [0.25, 0.3) is 0 Å². The summed E-state index contributed by atoms with van der Waals surface area (Å²) in [6.07, 6.45) is 3.23. The van der Waals surface area contributed by atoms with Crippen molar-refractivity contribution < 1.29 is 18.7 Å². The van der Waals surface area contributed by atoms with Crippen molar-refractivity contribution in [3.63, 3.8) is 0 Å². The zero-order valence-corrected chi connectivity index (χ0v) is 14.7. The van der Waals surface area contributed by atoms with Gasteiger partial charge in [-0.05, 0) is 44.7 Å². The Morgan fingerprint density at radius 3 is 2.92 bits per heavy atom. The van der Waals surface area contributed by atoms with E-state index in [1.807, 2.05) is 25.1 Å². The maximum absolute atomic E-state index is 14.3. The fraction of sp³-hybridized carbons (Fsp3) is 0.684. The first-order valence-corrected chi connectivity index (χ1v) is 9.15. The van der Waals surface area contributed by atoms with E-state index >= 15 is 0 Å². The molecule has 4 rings (SSSR count). The average molecular weight is 348 g/mol. The highest BCUT2D eigenvalue weighted by atomic mass is 19.1. The number of aromatic nitrogens is 1. The molecule has 1 atom stereocenters. The average Bonchev–Trinajstić information content (AvgIpc) is 2.55. The van der Waals surface area contributed by atoms with Gasteiger partial charge in [-0.2, -0.15) is 0 Å². The molecule has 1 unspecified atom stereocenters. The number of alkyl halides is 1. The quantitative estimate of drug-likeness (QED) is 0.839. The van der Waals surface area contributed by atoms with Crippen molar-refractivity contribution >= 4 is 5.91 Å². The Hall–Kier alpha value is -1.53. The van der Waals surface area contributed by atoms with Crippen LogP contribution in [0.2, 0.25) is 0 Å². The molecule has 3 aliphatic rings. The first-order valence-electron chi connectivity index (χ1n) is 9.15. The number of carbonyl (C=O) groups is 1. The molecule has 1 aromatic rings. The summed E-state index contributed by atoms with van der Waals surface area (Å²) in [4.78, 5) is 18.3. The minimum atomic E-state index is -1.61. The lowest BCUT2D eigenvalue weighted by atomic mass is 9.78. The molecule has 0 bridgehead atoms. The van der Waals surface area contributed by atoms with Crippen molar-refractivity contribution in [2.24, 2.45) is 0 Å². The van der Waals surface area contributed by atoms with Crippen LogP contribution >= 0.6 is 0 Å². The molecular formula is C19H25FN2O3. The van der Waals surface area contributed by atoms with Crippen LogP contribution in [0.3, 0.4) is 0 Å².